The van der Waals surface area contributed by atoms with Crippen LogP contribution in [0.4, 0.5) is 0 Å². The van der Waals surface area contributed by atoms with Crippen LogP contribution in [0.15, 0.2) is 0 Å². The van der Waals surface area contributed by atoms with E-state index in [1.165, 1.54) is 21.3 Å². The standard InChI is InChI=1S/C10H24N3O3Si/c1-6-8(17)12-7(2)13-10(11,16-5)9(14-3)15-4/h7-9,12-13H,6,11H2,1-5H3. The zero-order valence-corrected chi connectivity index (χ0v) is 12.2. The normalized spacial score (nSPS) is 19.1. The smallest absolute Gasteiger partial charge is 0.226 e. The van der Waals surface area contributed by atoms with Gasteiger partial charge in [-0.15, -0.1) is 0 Å². The Morgan fingerprint density at radius 2 is 1.82 bits per heavy atom. The Kier molecular flexibility index (Phi) is 8.13. The van der Waals surface area contributed by atoms with Gasteiger partial charge in [-0.2, -0.15) is 0 Å². The molecule has 0 rings (SSSR count). The molecular formula is C10H24N3O3Si. The van der Waals surface area contributed by atoms with E-state index < -0.39 is 12.1 Å². The van der Waals surface area contributed by atoms with Crippen LogP contribution in [0.1, 0.15) is 20.3 Å². The molecule has 0 amide bonds. The lowest BCUT2D eigenvalue weighted by molar-refractivity contribution is -0.240. The van der Waals surface area contributed by atoms with E-state index in [9.17, 15) is 0 Å². The molecular weight excluding hydrogens is 238 g/mol. The van der Waals surface area contributed by atoms with Crippen LogP contribution in [0.2, 0.25) is 0 Å². The minimum absolute atomic E-state index is 0.0739. The molecule has 101 valence electrons. The van der Waals surface area contributed by atoms with Gasteiger partial charge in [0, 0.05) is 31.6 Å². The minimum Gasteiger partial charge on any atom is -0.351 e. The van der Waals surface area contributed by atoms with E-state index >= 15 is 0 Å². The fraction of sp³-hybridized carbons (Fsp3) is 1.00. The minimum atomic E-state index is -1.21. The third kappa shape index (κ3) is 5.43. The van der Waals surface area contributed by atoms with Crippen molar-refractivity contribution in [1.29, 1.82) is 0 Å². The first-order chi connectivity index (χ1) is 7.93. The molecule has 3 atom stereocenters. The molecule has 0 saturated carbocycles. The van der Waals surface area contributed by atoms with E-state index in [0.29, 0.717) is 0 Å². The van der Waals surface area contributed by atoms with Crippen molar-refractivity contribution in [2.45, 2.75) is 44.2 Å². The van der Waals surface area contributed by atoms with Gasteiger partial charge in [0.25, 0.3) is 0 Å². The van der Waals surface area contributed by atoms with Gasteiger partial charge in [0.1, 0.15) is 0 Å². The number of ether oxygens (including phenoxy) is 3. The molecule has 3 unspecified atom stereocenters. The molecule has 0 aliphatic rings. The van der Waals surface area contributed by atoms with Crippen LogP contribution < -0.4 is 16.4 Å². The second-order valence-corrected chi connectivity index (χ2v) is 4.49. The summed E-state index contributed by atoms with van der Waals surface area (Å²) in [5, 5.41) is 6.33. The summed E-state index contributed by atoms with van der Waals surface area (Å²) < 4.78 is 15.5. The van der Waals surface area contributed by atoms with Crippen LogP contribution in [0.5, 0.6) is 0 Å². The van der Waals surface area contributed by atoms with Crippen molar-refractivity contribution in [2.24, 2.45) is 5.73 Å². The predicted octanol–water partition coefficient (Wildman–Crippen LogP) is -0.706. The molecule has 0 bridgehead atoms. The van der Waals surface area contributed by atoms with E-state index in [2.05, 4.69) is 27.8 Å². The summed E-state index contributed by atoms with van der Waals surface area (Å²) in [4.78, 5) is 0. The number of nitrogens with one attached hydrogen (secondary N) is 2. The molecule has 6 nitrogen and oxygen atoms in total. The van der Waals surface area contributed by atoms with Gasteiger partial charge in [0.15, 0.2) is 0 Å². The van der Waals surface area contributed by atoms with Crippen molar-refractivity contribution in [2.75, 3.05) is 21.3 Å². The van der Waals surface area contributed by atoms with Crippen LogP contribution in [-0.2, 0) is 14.2 Å². The topological polar surface area (TPSA) is 77.8 Å². The Balaban J connectivity index is 4.45. The fourth-order valence-corrected chi connectivity index (χ4v) is 1.72. The van der Waals surface area contributed by atoms with Crippen molar-refractivity contribution < 1.29 is 14.2 Å². The van der Waals surface area contributed by atoms with Crippen molar-refractivity contribution in [3.05, 3.63) is 0 Å². The number of hydrogen-bond donors (Lipinski definition) is 3. The van der Waals surface area contributed by atoms with Crippen LogP contribution in [0.3, 0.4) is 0 Å². The Morgan fingerprint density at radius 1 is 1.29 bits per heavy atom. The van der Waals surface area contributed by atoms with Gasteiger partial charge >= 0.3 is 0 Å². The molecule has 0 aromatic heterocycles. The largest absolute Gasteiger partial charge is 0.351 e. The van der Waals surface area contributed by atoms with E-state index in [0.717, 1.165) is 6.42 Å². The zero-order valence-electron chi connectivity index (χ0n) is 11.2. The molecule has 0 spiro atoms. The molecule has 4 N–H and O–H groups in total. The van der Waals surface area contributed by atoms with Crippen LogP contribution in [0, 0.1) is 0 Å². The van der Waals surface area contributed by atoms with Gasteiger partial charge in [-0.05, 0) is 19.0 Å². The summed E-state index contributed by atoms with van der Waals surface area (Å²) >= 11 is 0. The monoisotopic (exact) mass is 262 g/mol. The Labute approximate surface area is 107 Å². The molecule has 0 aromatic rings. The highest BCUT2D eigenvalue weighted by Gasteiger charge is 2.37. The molecule has 0 aliphatic carbocycles. The summed E-state index contributed by atoms with van der Waals surface area (Å²) in [6, 6.07) is 0. The number of nitrogens with two attached hydrogens (primary N) is 1. The maximum absolute atomic E-state index is 6.04. The first-order valence-electron chi connectivity index (χ1n) is 5.58. The van der Waals surface area contributed by atoms with E-state index in [1.54, 1.807) is 0 Å². The fourth-order valence-electron chi connectivity index (χ4n) is 1.47. The Hall–Kier alpha value is -0.0231. The average molecular weight is 262 g/mol. The first-order valence-corrected chi connectivity index (χ1v) is 6.15. The second kappa shape index (κ2) is 8.14. The summed E-state index contributed by atoms with van der Waals surface area (Å²) in [5.41, 5.74) is 6.24. The van der Waals surface area contributed by atoms with Gasteiger partial charge < -0.3 is 19.5 Å². The lowest BCUT2D eigenvalue weighted by atomic mass is 10.3. The van der Waals surface area contributed by atoms with Crippen molar-refractivity contribution in [3.8, 4) is 0 Å². The Bertz CT molecular complexity index is 207. The van der Waals surface area contributed by atoms with Crippen LogP contribution >= 0.6 is 0 Å². The van der Waals surface area contributed by atoms with E-state index in [4.69, 9.17) is 19.9 Å². The lowest BCUT2D eigenvalue weighted by Gasteiger charge is -2.37. The van der Waals surface area contributed by atoms with Gasteiger partial charge in [-0.1, -0.05) is 6.92 Å². The number of methoxy groups -OCH3 is 3. The predicted molar refractivity (Wildman–Crippen MR) is 67.3 cm³/mol. The average Bonchev–Trinajstić information content (AvgIpc) is 2.29. The maximum Gasteiger partial charge on any atom is 0.226 e. The summed E-state index contributed by atoms with van der Waals surface area (Å²) in [6.45, 7) is 4.00. The summed E-state index contributed by atoms with van der Waals surface area (Å²) in [5.74, 6) is -1.21. The molecule has 0 saturated heterocycles. The third-order valence-corrected chi connectivity index (χ3v) is 2.99. The Morgan fingerprint density at radius 3 is 2.18 bits per heavy atom. The number of hydrogen-bond acceptors (Lipinski definition) is 6. The lowest BCUT2D eigenvalue weighted by Crippen LogP contribution is -2.68. The molecule has 0 aromatic carbocycles. The van der Waals surface area contributed by atoms with Crippen LogP contribution in [-0.4, -0.2) is 55.5 Å². The van der Waals surface area contributed by atoms with Crippen LogP contribution in [0.25, 0.3) is 0 Å². The van der Waals surface area contributed by atoms with E-state index in [1.807, 2.05) is 6.92 Å². The quantitative estimate of drug-likeness (QED) is 0.376. The summed E-state index contributed by atoms with van der Waals surface area (Å²) in [6.07, 6.45) is 0.174. The first kappa shape index (κ1) is 17.0. The SMILES string of the molecule is CCC([Si])NC(C)NC(N)(OC)C(OC)OC. The number of rotatable bonds is 9. The molecule has 0 aliphatic heterocycles. The van der Waals surface area contributed by atoms with Gasteiger partial charge in [-0.3, -0.25) is 11.1 Å². The molecule has 17 heavy (non-hydrogen) atoms. The van der Waals surface area contributed by atoms with Gasteiger partial charge in [-0.25, -0.2) is 0 Å². The van der Waals surface area contributed by atoms with Crippen molar-refractivity contribution in [1.82, 2.24) is 10.6 Å². The van der Waals surface area contributed by atoms with Gasteiger partial charge in [0.05, 0.1) is 6.17 Å². The third-order valence-electron chi connectivity index (χ3n) is 2.42. The second-order valence-electron chi connectivity index (χ2n) is 3.79. The zero-order chi connectivity index (χ0) is 13.5. The maximum atomic E-state index is 6.04. The highest BCUT2D eigenvalue weighted by atomic mass is 28.1. The van der Waals surface area contributed by atoms with Crippen molar-refractivity contribution >= 4 is 10.2 Å². The van der Waals surface area contributed by atoms with Crippen molar-refractivity contribution in [3.63, 3.8) is 0 Å². The highest BCUT2D eigenvalue weighted by Crippen LogP contribution is 2.09. The molecule has 0 fully saturated rings. The molecule has 0 heterocycles. The molecule has 3 radical (unpaired) electrons. The molecule has 7 heteroatoms. The summed E-state index contributed by atoms with van der Waals surface area (Å²) in [7, 11) is 8.04. The van der Waals surface area contributed by atoms with E-state index in [-0.39, 0.29) is 11.8 Å². The highest BCUT2D eigenvalue weighted by molar-refractivity contribution is 6.11. The van der Waals surface area contributed by atoms with Gasteiger partial charge in [0.2, 0.25) is 12.1 Å².